The Morgan fingerprint density at radius 2 is 2.06 bits per heavy atom. The Bertz CT molecular complexity index is 353. The van der Waals surface area contributed by atoms with Crippen LogP contribution in [0.15, 0.2) is 11.1 Å². The summed E-state index contributed by atoms with van der Waals surface area (Å²) in [5.74, 6) is 6.52. The van der Waals surface area contributed by atoms with Gasteiger partial charge in [0.15, 0.2) is 0 Å². The highest BCUT2D eigenvalue weighted by atomic mass is 32.2. The molecule has 4 rings (SSSR count). The fourth-order valence-electron chi connectivity index (χ4n) is 4.59. The second-order valence-electron chi connectivity index (χ2n) is 7.19. The maximum absolute atomic E-state index is 2.51. The molecule has 2 unspecified atom stereocenters. The van der Waals surface area contributed by atoms with E-state index in [0.29, 0.717) is 5.41 Å². The fourth-order valence-corrected chi connectivity index (χ4v) is 5.78. The quantitative estimate of drug-likeness (QED) is 0.605. The van der Waals surface area contributed by atoms with Gasteiger partial charge in [0, 0.05) is 0 Å². The van der Waals surface area contributed by atoms with Gasteiger partial charge in [-0.05, 0) is 66.8 Å². The van der Waals surface area contributed by atoms with Crippen molar-refractivity contribution in [1.82, 2.24) is 0 Å². The van der Waals surface area contributed by atoms with Gasteiger partial charge in [0.1, 0.15) is 0 Å². The smallest absolute Gasteiger partial charge is 0.00360 e. The monoisotopic (exact) mass is 250 g/mol. The molecule has 4 aliphatic rings. The molecule has 1 saturated carbocycles. The molecule has 2 bridgehead atoms. The van der Waals surface area contributed by atoms with Crippen molar-refractivity contribution < 1.29 is 0 Å². The van der Waals surface area contributed by atoms with Crippen molar-refractivity contribution in [3.63, 3.8) is 0 Å². The predicted octanol–water partition coefficient (Wildman–Crippen LogP) is 4.76. The van der Waals surface area contributed by atoms with E-state index in [9.17, 15) is 0 Å². The van der Waals surface area contributed by atoms with Crippen LogP contribution in [0.5, 0.6) is 0 Å². The molecule has 1 heterocycles. The Hall–Kier alpha value is 0.0900. The summed E-state index contributed by atoms with van der Waals surface area (Å²) in [4.78, 5) is 0. The lowest BCUT2D eigenvalue weighted by molar-refractivity contribution is -0.0197. The maximum atomic E-state index is 2.51. The van der Waals surface area contributed by atoms with Crippen LogP contribution in [0.25, 0.3) is 0 Å². The largest absolute Gasteiger partial charge is 0.162 e. The molecule has 17 heavy (non-hydrogen) atoms. The molecular weight excluding hydrogens is 224 g/mol. The fraction of sp³-hybridized carbons (Fsp3) is 0.875. The van der Waals surface area contributed by atoms with Crippen LogP contribution in [0, 0.1) is 29.1 Å². The number of allylic oxidation sites excluding steroid dienone is 2. The molecule has 0 spiro atoms. The molecule has 96 valence electrons. The number of hydrogen-bond acceptors (Lipinski definition) is 1. The minimum Gasteiger partial charge on any atom is -0.162 e. The Balaban J connectivity index is 1.90. The van der Waals surface area contributed by atoms with E-state index in [-0.39, 0.29) is 0 Å². The van der Waals surface area contributed by atoms with Crippen molar-refractivity contribution in [2.75, 3.05) is 11.5 Å². The first-order chi connectivity index (χ1) is 8.01. The van der Waals surface area contributed by atoms with E-state index >= 15 is 0 Å². The van der Waals surface area contributed by atoms with Gasteiger partial charge in [-0.15, -0.1) is 0 Å². The van der Waals surface area contributed by atoms with Crippen molar-refractivity contribution in [2.45, 2.75) is 47.0 Å². The summed E-state index contributed by atoms with van der Waals surface area (Å²) in [7, 11) is 0. The second-order valence-corrected chi connectivity index (χ2v) is 8.34. The van der Waals surface area contributed by atoms with Gasteiger partial charge in [-0.25, -0.2) is 0 Å². The molecule has 0 nitrogen and oxygen atoms in total. The van der Waals surface area contributed by atoms with Gasteiger partial charge in [0.2, 0.25) is 0 Å². The molecule has 3 aliphatic carbocycles. The molecule has 0 aromatic heterocycles. The van der Waals surface area contributed by atoms with Crippen molar-refractivity contribution >= 4 is 11.8 Å². The normalized spacial score (nSPS) is 44.5. The molecule has 1 heteroatoms. The topological polar surface area (TPSA) is 0 Å². The van der Waals surface area contributed by atoms with Crippen LogP contribution in [-0.2, 0) is 0 Å². The number of thioether (sulfide) groups is 1. The summed E-state index contributed by atoms with van der Waals surface area (Å²) >= 11 is 2.16. The molecule has 0 aromatic carbocycles. The molecule has 1 saturated heterocycles. The summed E-state index contributed by atoms with van der Waals surface area (Å²) in [5.41, 5.74) is 4.29. The Labute approximate surface area is 111 Å². The van der Waals surface area contributed by atoms with Crippen LogP contribution in [-0.4, -0.2) is 11.5 Å². The summed E-state index contributed by atoms with van der Waals surface area (Å²) in [6, 6.07) is 0. The lowest BCUT2D eigenvalue weighted by Crippen LogP contribution is -2.51. The molecular formula is C16H26S. The van der Waals surface area contributed by atoms with E-state index in [2.05, 4.69) is 39.5 Å². The van der Waals surface area contributed by atoms with E-state index in [0.717, 1.165) is 23.7 Å². The van der Waals surface area contributed by atoms with Gasteiger partial charge in [0.05, 0.1) is 0 Å². The van der Waals surface area contributed by atoms with Crippen molar-refractivity contribution in [1.29, 1.82) is 0 Å². The molecule has 1 aliphatic heterocycles. The Morgan fingerprint density at radius 3 is 2.71 bits per heavy atom. The third-order valence-electron chi connectivity index (χ3n) is 5.93. The van der Waals surface area contributed by atoms with E-state index in [1.54, 1.807) is 5.57 Å². The maximum Gasteiger partial charge on any atom is -0.00360 e. The molecule has 0 radical (unpaired) electrons. The highest BCUT2D eigenvalue weighted by Crippen LogP contribution is 2.63. The van der Waals surface area contributed by atoms with E-state index in [1.807, 2.05) is 5.57 Å². The lowest BCUT2D eigenvalue weighted by atomic mass is 9.45. The molecule has 0 amide bonds. The van der Waals surface area contributed by atoms with Crippen LogP contribution in [0.2, 0.25) is 0 Å². The Kier molecular flexibility index (Phi) is 2.89. The minimum absolute atomic E-state index is 0.610. The molecule has 4 atom stereocenters. The number of rotatable bonds is 1. The van der Waals surface area contributed by atoms with E-state index in [1.165, 1.54) is 30.8 Å². The van der Waals surface area contributed by atoms with Gasteiger partial charge in [-0.1, -0.05) is 31.9 Å². The summed E-state index contributed by atoms with van der Waals surface area (Å²) < 4.78 is 0. The van der Waals surface area contributed by atoms with E-state index in [4.69, 9.17) is 0 Å². The van der Waals surface area contributed by atoms with Gasteiger partial charge >= 0.3 is 0 Å². The molecule has 0 N–H and O–H groups in total. The SMILES string of the molecule is CC1=C(C2CCSCC2C)[C@@H]2C[C@H](C1)C2(C)C. The van der Waals surface area contributed by atoms with Gasteiger partial charge in [-0.3, -0.25) is 0 Å². The molecule has 2 fully saturated rings. The Morgan fingerprint density at radius 1 is 1.29 bits per heavy atom. The van der Waals surface area contributed by atoms with Crippen molar-refractivity contribution in [3.05, 3.63) is 11.1 Å². The zero-order valence-corrected chi connectivity index (χ0v) is 12.6. The van der Waals surface area contributed by atoms with Crippen LogP contribution < -0.4 is 0 Å². The number of fused-ring (bicyclic) bond motifs is 1. The summed E-state index contributed by atoms with van der Waals surface area (Å²) in [6.07, 6.45) is 4.33. The van der Waals surface area contributed by atoms with E-state index < -0.39 is 0 Å². The van der Waals surface area contributed by atoms with Crippen LogP contribution in [0.3, 0.4) is 0 Å². The first kappa shape index (κ1) is 12.1. The molecule has 0 aromatic rings. The van der Waals surface area contributed by atoms with Gasteiger partial charge in [-0.2, -0.15) is 11.8 Å². The zero-order chi connectivity index (χ0) is 12.2. The van der Waals surface area contributed by atoms with Crippen LogP contribution in [0.4, 0.5) is 0 Å². The van der Waals surface area contributed by atoms with Crippen LogP contribution in [0.1, 0.15) is 47.0 Å². The average molecular weight is 250 g/mol. The average Bonchev–Trinajstić information content (AvgIpc) is 2.30. The van der Waals surface area contributed by atoms with Crippen LogP contribution >= 0.6 is 11.8 Å². The zero-order valence-electron chi connectivity index (χ0n) is 11.8. The summed E-state index contributed by atoms with van der Waals surface area (Å²) in [6.45, 7) is 9.94. The standard InChI is InChI=1S/C16H26S/c1-10-7-12-8-14(16(12,3)4)15(10)13-5-6-17-9-11(13)2/h11-14H,5-9H2,1-4H3/t11?,12-,13?,14-/m0/s1. The highest BCUT2D eigenvalue weighted by molar-refractivity contribution is 7.99. The van der Waals surface area contributed by atoms with Gasteiger partial charge in [0.25, 0.3) is 0 Å². The third-order valence-corrected chi connectivity index (χ3v) is 7.22. The first-order valence-corrected chi connectivity index (χ1v) is 8.44. The summed E-state index contributed by atoms with van der Waals surface area (Å²) in [5, 5.41) is 0. The predicted molar refractivity (Wildman–Crippen MR) is 77.3 cm³/mol. The van der Waals surface area contributed by atoms with Crippen molar-refractivity contribution in [2.24, 2.45) is 29.1 Å². The minimum atomic E-state index is 0.610. The third kappa shape index (κ3) is 1.72. The highest BCUT2D eigenvalue weighted by Gasteiger charge is 2.54. The second kappa shape index (κ2) is 4.05. The van der Waals surface area contributed by atoms with Gasteiger partial charge < -0.3 is 0 Å². The first-order valence-electron chi connectivity index (χ1n) is 7.29. The lowest BCUT2D eigenvalue weighted by Gasteiger charge is -2.60. The van der Waals surface area contributed by atoms with Crippen molar-refractivity contribution in [3.8, 4) is 0 Å². The number of hydrogen-bond donors (Lipinski definition) is 0.